The first-order valence-corrected chi connectivity index (χ1v) is 17.4. The number of nitrogens with one attached hydrogen (secondary N) is 1. The van der Waals surface area contributed by atoms with Crippen LogP contribution in [0, 0.1) is 11.3 Å². The van der Waals surface area contributed by atoms with E-state index >= 15 is 4.79 Å². The fraction of sp³-hybridized carbons (Fsp3) is 0.421. The van der Waals surface area contributed by atoms with E-state index in [0.717, 1.165) is 16.7 Å². The third kappa shape index (κ3) is 7.00. The van der Waals surface area contributed by atoms with Gasteiger partial charge in [-0.25, -0.2) is 4.79 Å². The van der Waals surface area contributed by atoms with E-state index in [2.05, 4.69) is 23.2 Å². The van der Waals surface area contributed by atoms with Crippen molar-refractivity contribution in [1.82, 2.24) is 20.0 Å². The van der Waals surface area contributed by atoms with E-state index in [1.165, 1.54) is 6.92 Å². The van der Waals surface area contributed by atoms with Gasteiger partial charge in [0.1, 0.15) is 22.7 Å². The molecule has 2 aliphatic rings. The van der Waals surface area contributed by atoms with E-state index in [-0.39, 0.29) is 11.9 Å². The molecule has 3 aromatic rings. The third-order valence-corrected chi connectivity index (χ3v) is 10.4. The van der Waals surface area contributed by atoms with Crippen LogP contribution in [0.1, 0.15) is 63.8 Å². The Labute approximate surface area is 299 Å². The van der Waals surface area contributed by atoms with Crippen molar-refractivity contribution < 1.29 is 14.3 Å². The second-order valence-electron chi connectivity index (χ2n) is 13.4. The van der Waals surface area contributed by atoms with Gasteiger partial charge < -0.3 is 15.0 Å². The van der Waals surface area contributed by atoms with E-state index in [1.807, 2.05) is 104 Å². The largest absolute Gasteiger partial charge is 0.493 e. The summed E-state index contributed by atoms with van der Waals surface area (Å²) in [5.41, 5.74) is 0.418. The summed E-state index contributed by atoms with van der Waals surface area (Å²) in [6.07, 6.45) is 0. The monoisotopic (exact) mass is 702 g/mol. The predicted octanol–water partition coefficient (Wildman–Crippen LogP) is 6.96. The molecule has 0 saturated carbocycles. The maximum absolute atomic E-state index is 15.1. The van der Waals surface area contributed by atoms with Crippen molar-refractivity contribution in [3.05, 3.63) is 99.0 Å². The number of hydrogen-bond donors (Lipinski definition) is 1. The van der Waals surface area contributed by atoms with Crippen LogP contribution in [0.15, 0.2) is 71.7 Å². The highest BCUT2D eigenvalue weighted by Gasteiger charge is 2.60. The number of nitrogens with zero attached hydrogens (tertiary/aromatic N) is 5. The van der Waals surface area contributed by atoms with Crippen LogP contribution in [0.2, 0.25) is 10.0 Å². The maximum Gasteiger partial charge on any atom is 0.326 e. The summed E-state index contributed by atoms with van der Waals surface area (Å²) >= 11 is 12.8. The van der Waals surface area contributed by atoms with Crippen LogP contribution in [0.3, 0.4) is 0 Å². The van der Waals surface area contributed by atoms with Crippen molar-refractivity contribution in [2.45, 2.75) is 58.0 Å². The summed E-state index contributed by atoms with van der Waals surface area (Å²) in [4.78, 5) is 38.0. The van der Waals surface area contributed by atoms with Gasteiger partial charge in [-0.05, 0) is 87.7 Å². The molecule has 258 valence electrons. The van der Waals surface area contributed by atoms with Crippen molar-refractivity contribution in [3.8, 4) is 11.8 Å². The second kappa shape index (κ2) is 14.4. The van der Waals surface area contributed by atoms with Gasteiger partial charge in [-0.2, -0.15) is 5.26 Å². The number of benzene rings is 3. The lowest BCUT2D eigenvalue weighted by Gasteiger charge is -2.47. The summed E-state index contributed by atoms with van der Waals surface area (Å²) in [5, 5.41) is 14.0. The number of aliphatic imine (C=N–C) groups is 1. The van der Waals surface area contributed by atoms with Crippen molar-refractivity contribution in [2.75, 3.05) is 45.9 Å². The molecule has 0 bridgehead atoms. The summed E-state index contributed by atoms with van der Waals surface area (Å²) < 4.78 is 6.24. The standard InChI is InChI=1S/C38H44Cl2N6O3/c1-7-49-33-24-29(36(3,4)25-41)12-17-32(33)34-43-37(5,27-8-13-30(39)14-9-27)38(6,28-10-15-31(40)16-11-28)46(34)35(48)45-22-20-44(21-23-45)19-18-42-26(2)47/h8-17,24H,7,18-23H2,1-6H3,(H,42,47)/t37-,38+/m0/s1. The molecule has 9 nitrogen and oxygen atoms in total. The highest BCUT2D eigenvalue weighted by molar-refractivity contribution is 6.30. The SMILES string of the molecule is CCOc1cc(C(C)(C)C#N)ccc1C1=N[C@@](C)(c2ccc(Cl)cc2)[C@@](C)(c2ccc(Cl)cc2)N1C(=O)N1CCN(CCNC(C)=O)CC1. The molecule has 0 aliphatic carbocycles. The van der Waals surface area contributed by atoms with Crippen LogP contribution < -0.4 is 10.1 Å². The fourth-order valence-corrected chi connectivity index (χ4v) is 6.95. The summed E-state index contributed by atoms with van der Waals surface area (Å²) in [6.45, 7) is 15.2. The molecule has 3 aromatic carbocycles. The zero-order chi connectivity index (χ0) is 35.6. The molecule has 0 radical (unpaired) electrons. The van der Waals surface area contributed by atoms with Gasteiger partial charge in [0, 0.05) is 56.2 Å². The van der Waals surface area contributed by atoms with E-state index in [0.29, 0.717) is 73.1 Å². The van der Waals surface area contributed by atoms with Crippen LogP contribution in [0.25, 0.3) is 0 Å². The van der Waals surface area contributed by atoms with Crippen LogP contribution in [-0.4, -0.2) is 78.3 Å². The molecule has 2 heterocycles. The van der Waals surface area contributed by atoms with Gasteiger partial charge in [0.05, 0.1) is 23.7 Å². The Bertz CT molecular complexity index is 1760. The lowest BCUT2D eigenvalue weighted by Crippen LogP contribution is -2.61. The van der Waals surface area contributed by atoms with E-state index in [9.17, 15) is 10.1 Å². The molecular formula is C38H44Cl2N6O3. The minimum Gasteiger partial charge on any atom is -0.493 e. The Morgan fingerprint density at radius 1 is 0.959 bits per heavy atom. The molecule has 2 aliphatic heterocycles. The number of amides is 3. The second-order valence-corrected chi connectivity index (χ2v) is 14.3. The number of rotatable bonds is 9. The Kier molecular flexibility index (Phi) is 10.6. The van der Waals surface area contributed by atoms with Crippen LogP contribution in [0.4, 0.5) is 4.79 Å². The molecule has 1 N–H and O–H groups in total. The minimum atomic E-state index is -1.03. The maximum atomic E-state index is 15.1. The number of hydrogen-bond acceptors (Lipinski definition) is 6. The average molecular weight is 704 g/mol. The van der Waals surface area contributed by atoms with Gasteiger partial charge in [-0.3, -0.25) is 19.6 Å². The number of urea groups is 1. The van der Waals surface area contributed by atoms with Crippen molar-refractivity contribution in [2.24, 2.45) is 4.99 Å². The summed E-state index contributed by atoms with van der Waals surface area (Å²) in [6, 6.07) is 23.1. The van der Waals surface area contributed by atoms with Gasteiger partial charge in [0.2, 0.25) is 5.91 Å². The molecule has 49 heavy (non-hydrogen) atoms. The summed E-state index contributed by atoms with van der Waals surface area (Å²) in [5.74, 6) is 0.953. The molecule has 0 unspecified atom stereocenters. The number of piperazine rings is 1. The van der Waals surface area contributed by atoms with Crippen molar-refractivity contribution >= 4 is 41.0 Å². The molecule has 5 rings (SSSR count). The number of nitriles is 1. The lowest BCUT2D eigenvalue weighted by molar-refractivity contribution is -0.119. The topological polar surface area (TPSA) is 101 Å². The number of carbonyl (C=O) groups excluding carboxylic acids is 2. The quantitative estimate of drug-likeness (QED) is 0.260. The van der Waals surface area contributed by atoms with Crippen LogP contribution in [-0.2, 0) is 21.3 Å². The zero-order valence-electron chi connectivity index (χ0n) is 29.0. The molecule has 2 atom stereocenters. The molecule has 3 amide bonds. The number of ether oxygens (including phenoxy) is 1. The average Bonchev–Trinajstić information content (AvgIpc) is 3.33. The van der Waals surface area contributed by atoms with E-state index < -0.39 is 16.5 Å². The minimum absolute atomic E-state index is 0.0597. The molecule has 0 aromatic heterocycles. The Morgan fingerprint density at radius 2 is 1.55 bits per heavy atom. The van der Waals surface area contributed by atoms with Gasteiger partial charge in [0.25, 0.3) is 0 Å². The molecule has 11 heteroatoms. The van der Waals surface area contributed by atoms with E-state index in [4.69, 9.17) is 32.9 Å². The predicted molar refractivity (Wildman–Crippen MR) is 194 cm³/mol. The molecule has 0 spiro atoms. The zero-order valence-corrected chi connectivity index (χ0v) is 30.5. The smallest absolute Gasteiger partial charge is 0.326 e. The first-order valence-electron chi connectivity index (χ1n) is 16.6. The van der Waals surface area contributed by atoms with E-state index in [1.54, 1.807) is 0 Å². The summed E-state index contributed by atoms with van der Waals surface area (Å²) in [7, 11) is 0. The van der Waals surface area contributed by atoms with Gasteiger partial charge in [-0.1, -0.05) is 53.5 Å². The highest BCUT2D eigenvalue weighted by atomic mass is 35.5. The first kappa shape index (κ1) is 36.2. The van der Waals surface area contributed by atoms with Crippen molar-refractivity contribution in [3.63, 3.8) is 0 Å². The Balaban J connectivity index is 1.68. The van der Waals surface area contributed by atoms with Gasteiger partial charge >= 0.3 is 6.03 Å². The van der Waals surface area contributed by atoms with Gasteiger partial charge in [0.15, 0.2) is 0 Å². The number of halogens is 2. The fourth-order valence-electron chi connectivity index (χ4n) is 6.70. The van der Waals surface area contributed by atoms with Gasteiger partial charge in [-0.15, -0.1) is 0 Å². The molecule has 1 fully saturated rings. The molecular weight excluding hydrogens is 659 g/mol. The van der Waals surface area contributed by atoms with Crippen molar-refractivity contribution in [1.29, 1.82) is 5.26 Å². The number of amidine groups is 1. The normalized spacial score (nSPS) is 21.2. The highest BCUT2D eigenvalue weighted by Crippen LogP contribution is 2.54. The lowest BCUT2D eigenvalue weighted by atomic mass is 9.71. The number of carbonyl (C=O) groups is 2. The Hall–Kier alpha value is -4.10. The Morgan fingerprint density at radius 3 is 2.10 bits per heavy atom. The first-order chi connectivity index (χ1) is 23.2. The third-order valence-electron chi connectivity index (χ3n) is 9.91. The molecule has 1 saturated heterocycles. The van der Waals surface area contributed by atoms with Crippen LogP contribution >= 0.6 is 23.2 Å². The van der Waals surface area contributed by atoms with Crippen LogP contribution in [0.5, 0.6) is 5.75 Å².